The van der Waals surface area contributed by atoms with E-state index < -0.39 is 0 Å². The Morgan fingerprint density at radius 2 is 1.90 bits per heavy atom. The number of aromatic nitrogens is 4. The number of rotatable bonds is 4. The van der Waals surface area contributed by atoms with Crippen molar-refractivity contribution in [3.63, 3.8) is 0 Å². The minimum atomic E-state index is 0.0311. The van der Waals surface area contributed by atoms with Crippen LogP contribution in [0.4, 0.5) is 5.82 Å². The molecule has 1 saturated heterocycles. The zero-order chi connectivity index (χ0) is 26.9. The predicted octanol–water partition coefficient (Wildman–Crippen LogP) is 6.17. The first-order valence-electron chi connectivity index (χ1n) is 13.3. The number of pyridine rings is 2. The number of piperidine rings is 1. The highest BCUT2D eigenvalue weighted by molar-refractivity contribution is 7.99. The fraction of sp³-hybridized carbons (Fsp3) is 0.333. The van der Waals surface area contributed by atoms with Crippen molar-refractivity contribution >= 4 is 35.1 Å². The number of likely N-dealkylation sites (tertiary alicyclic amines) is 1. The average molecular weight is 559 g/mol. The summed E-state index contributed by atoms with van der Waals surface area (Å²) in [6, 6.07) is 16.5. The lowest BCUT2D eigenvalue weighted by Gasteiger charge is -2.31. The predicted molar refractivity (Wildman–Crippen MR) is 158 cm³/mol. The summed E-state index contributed by atoms with van der Waals surface area (Å²) in [5, 5.41) is 9.17. The maximum absolute atomic E-state index is 11.6. The van der Waals surface area contributed by atoms with Crippen molar-refractivity contribution in [1.29, 1.82) is 0 Å². The smallest absolute Gasteiger partial charge is 0.219 e. The van der Waals surface area contributed by atoms with Crippen LogP contribution in [0.2, 0.25) is 5.02 Å². The molecule has 3 aromatic heterocycles. The second-order valence-electron chi connectivity index (χ2n) is 10.1. The summed E-state index contributed by atoms with van der Waals surface area (Å²) in [5.74, 6) is 2.52. The second-order valence-corrected chi connectivity index (χ2v) is 11.7. The molecule has 39 heavy (non-hydrogen) atoms. The lowest BCUT2D eigenvalue weighted by atomic mass is 9.92. The van der Waals surface area contributed by atoms with E-state index in [2.05, 4.69) is 34.6 Å². The summed E-state index contributed by atoms with van der Waals surface area (Å²) in [4.78, 5) is 23.0. The van der Waals surface area contributed by atoms with Gasteiger partial charge in [-0.2, -0.15) is 5.10 Å². The first-order chi connectivity index (χ1) is 19.0. The number of carbonyl (C=O) groups is 1. The number of amides is 1. The van der Waals surface area contributed by atoms with Gasteiger partial charge in [-0.3, -0.25) is 19.4 Å². The summed E-state index contributed by atoms with van der Waals surface area (Å²) in [7, 11) is 1.97. The number of hydrogen-bond acceptors (Lipinski definition) is 6. The monoisotopic (exact) mass is 558 g/mol. The van der Waals surface area contributed by atoms with E-state index in [1.807, 2.05) is 58.9 Å². The third-order valence-corrected chi connectivity index (χ3v) is 9.28. The van der Waals surface area contributed by atoms with E-state index in [1.54, 1.807) is 13.1 Å². The van der Waals surface area contributed by atoms with Gasteiger partial charge < -0.3 is 10.2 Å². The number of hydrogen-bond donors (Lipinski definition) is 1. The zero-order valence-corrected chi connectivity index (χ0v) is 23.7. The van der Waals surface area contributed by atoms with Crippen molar-refractivity contribution in [2.75, 3.05) is 30.7 Å². The van der Waals surface area contributed by atoms with Crippen LogP contribution in [0.3, 0.4) is 0 Å². The Bertz CT molecular complexity index is 1480. The van der Waals surface area contributed by atoms with Crippen molar-refractivity contribution in [2.24, 2.45) is 7.05 Å². The van der Waals surface area contributed by atoms with Gasteiger partial charge in [-0.05, 0) is 48.2 Å². The minimum absolute atomic E-state index is 0.0311. The number of fused-ring (bicyclic) bond motifs is 1. The molecular formula is C30H31ClN6OS. The molecule has 7 nitrogen and oxygen atoms in total. The van der Waals surface area contributed by atoms with Gasteiger partial charge in [0.05, 0.1) is 10.9 Å². The van der Waals surface area contributed by atoms with Crippen molar-refractivity contribution in [1.82, 2.24) is 24.6 Å². The molecule has 1 aromatic carbocycles. The topological polar surface area (TPSA) is 75.9 Å². The second kappa shape index (κ2) is 11.0. The van der Waals surface area contributed by atoms with Crippen molar-refractivity contribution < 1.29 is 4.79 Å². The highest BCUT2D eigenvalue weighted by atomic mass is 35.5. The van der Waals surface area contributed by atoms with Crippen LogP contribution in [0.15, 0.2) is 60.9 Å². The number of aryl methyl sites for hydroxylation is 1. The summed E-state index contributed by atoms with van der Waals surface area (Å²) < 4.78 is 1.91. The normalized spacial score (nSPS) is 17.8. The molecule has 1 amide bonds. The Kier molecular flexibility index (Phi) is 7.32. The lowest BCUT2D eigenvalue weighted by Crippen LogP contribution is -2.36. The number of halogens is 1. The molecule has 5 heterocycles. The van der Waals surface area contributed by atoms with E-state index in [4.69, 9.17) is 21.7 Å². The molecule has 1 N–H and O–H groups in total. The molecule has 1 atom stereocenters. The Morgan fingerprint density at radius 3 is 2.59 bits per heavy atom. The minimum Gasteiger partial charge on any atom is -0.369 e. The molecular weight excluding hydrogens is 528 g/mol. The van der Waals surface area contributed by atoms with Gasteiger partial charge in [0, 0.05) is 79.5 Å². The summed E-state index contributed by atoms with van der Waals surface area (Å²) in [6.45, 7) is 4.10. The van der Waals surface area contributed by atoms with Gasteiger partial charge in [0.25, 0.3) is 0 Å². The molecule has 1 unspecified atom stereocenters. The molecule has 2 aliphatic rings. The van der Waals surface area contributed by atoms with Gasteiger partial charge >= 0.3 is 0 Å². The number of benzene rings is 1. The average Bonchev–Trinajstić information content (AvgIpc) is 3.14. The van der Waals surface area contributed by atoms with Crippen LogP contribution in [0.1, 0.15) is 47.8 Å². The molecule has 9 heteroatoms. The van der Waals surface area contributed by atoms with Crippen LogP contribution in [0.25, 0.3) is 22.5 Å². The number of thioether (sulfide) groups is 1. The standard InChI is InChI=1S/C30H31ClN6OS/c1-19(38)37-14-10-20(11-15-37)25-9-7-22(18-34-25)21-6-8-23(24(31)17-21)29-27-28(26-5-3-4-12-32-26)35-36(2)30(27)33-13-16-39-29/h3-9,12,17-18,20,29,33H,10-11,13-16H2,1-2H3. The molecule has 0 aliphatic carbocycles. The maximum Gasteiger partial charge on any atom is 0.219 e. The largest absolute Gasteiger partial charge is 0.369 e. The summed E-state index contributed by atoms with van der Waals surface area (Å²) in [5.41, 5.74) is 7.11. The Morgan fingerprint density at radius 1 is 1.08 bits per heavy atom. The van der Waals surface area contributed by atoms with Crippen LogP contribution in [0.5, 0.6) is 0 Å². The summed E-state index contributed by atoms with van der Waals surface area (Å²) >= 11 is 8.87. The molecule has 0 radical (unpaired) electrons. The third kappa shape index (κ3) is 5.15. The van der Waals surface area contributed by atoms with Crippen LogP contribution >= 0.6 is 23.4 Å². The van der Waals surface area contributed by atoms with E-state index in [1.165, 1.54) is 0 Å². The SMILES string of the molecule is CC(=O)N1CCC(c2ccc(-c3ccc(C4SCCNc5c4c(-c4ccccn4)nn5C)c(Cl)c3)cn2)CC1. The molecule has 2 aliphatic heterocycles. The molecule has 0 spiro atoms. The van der Waals surface area contributed by atoms with Crippen molar-refractivity contribution in [3.8, 4) is 22.5 Å². The lowest BCUT2D eigenvalue weighted by molar-refractivity contribution is -0.129. The van der Waals surface area contributed by atoms with Crippen LogP contribution < -0.4 is 5.32 Å². The number of carbonyl (C=O) groups excluding carboxylic acids is 1. The van der Waals surface area contributed by atoms with E-state index >= 15 is 0 Å². The van der Waals surface area contributed by atoms with Gasteiger partial charge in [-0.1, -0.05) is 35.9 Å². The highest BCUT2D eigenvalue weighted by Gasteiger charge is 2.31. The highest BCUT2D eigenvalue weighted by Crippen LogP contribution is 2.47. The fourth-order valence-corrected chi connectivity index (χ4v) is 7.18. The summed E-state index contributed by atoms with van der Waals surface area (Å²) in [6.07, 6.45) is 5.66. The molecule has 0 saturated carbocycles. The third-order valence-electron chi connectivity index (χ3n) is 7.69. The molecule has 200 valence electrons. The zero-order valence-electron chi connectivity index (χ0n) is 22.1. The number of nitrogens with one attached hydrogen (secondary N) is 1. The first kappa shape index (κ1) is 25.9. The van der Waals surface area contributed by atoms with Crippen molar-refractivity contribution in [3.05, 3.63) is 82.8 Å². The van der Waals surface area contributed by atoms with Gasteiger partial charge in [-0.15, -0.1) is 11.8 Å². The van der Waals surface area contributed by atoms with Gasteiger partial charge in [0.15, 0.2) is 0 Å². The Hall–Kier alpha value is -3.36. The maximum atomic E-state index is 11.6. The van der Waals surface area contributed by atoms with E-state index in [-0.39, 0.29) is 11.2 Å². The van der Waals surface area contributed by atoms with Gasteiger partial charge in [0.2, 0.25) is 5.91 Å². The van der Waals surface area contributed by atoms with Crippen LogP contribution in [0, 0.1) is 0 Å². The molecule has 4 aromatic rings. The quantitative estimate of drug-likeness (QED) is 0.323. The number of nitrogens with zero attached hydrogens (tertiary/aromatic N) is 5. The molecule has 6 rings (SSSR count). The number of anilines is 1. The van der Waals surface area contributed by atoms with Gasteiger partial charge in [0.1, 0.15) is 11.5 Å². The van der Waals surface area contributed by atoms with E-state index in [0.29, 0.717) is 5.92 Å². The van der Waals surface area contributed by atoms with Crippen LogP contribution in [-0.4, -0.2) is 55.9 Å². The Labute approximate surface area is 238 Å². The molecule has 1 fully saturated rings. The molecule has 0 bridgehead atoms. The fourth-order valence-electron chi connectivity index (χ4n) is 5.59. The Balaban J connectivity index is 1.27. The van der Waals surface area contributed by atoms with Gasteiger partial charge in [-0.25, -0.2) is 0 Å². The first-order valence-corrected chi connectivity index (χ1v) is 14.8. The van der Waals surface area contributed by atoms with E-state index in [9.17, 15) is 4.79 Å². The van der Waals surface area contributed by atoms with Crippen LogP contribution in [-0.2, 0) is 11.8 Å². The van der Waals surface area contributed by atoms with Crippen molar-refractivity contribution in [2.45, 2.75) is 30.9 Å². The van der Waals surface area contributed by atoms with E-state index in [0.717, 1.165) is 88.4 Å².